The Morgan fingerprint density at radius 2 is 2.47 bits per heavy atom. The molecule has 94 valence electrons. The van der Waals surface area contributed by atoms with E-state index in [0.717, 1.165) is 6.54 Å². The van der Waals surface area contributed by atoms with Gasteiger partial charge < -0.3 is 14.6 Å². The molecule has 0 bridgehead atoms. The predicted octanol–water partition coefficient (Wildman–Crippen LogP) is 1.83. The molecule has 1 N–H and O–H groups in total. The van der Waals surface area contributed by atoms with Gasteiger partial charge in [0.25, 0.3) is 0 Å². The summed E-state index contributed by atoms with van der Waals surface area (Å²) in [6.45, 7) is 7.60. The predicted molar refractivity (Wildman–Crippen MR) is 63.3 cm³/mol. The first-order valence-electron chi connectivity index (χ1n) is 6.10. The Morgan fingerprint density at radius 1 is 1.65 bits per heavy atom. The van der Waals surface area contributed by atoms with E-state index in [1.54, 1.807) is 6.08 Å². The largest absolute Gasteiger partial charge is 0.370 e. The first-order valence-corrected chi connectivity index (χ1v) is 6.10. The fraction of sp³-hybridized carbons (Fsp3) is 0.667. The van der Waals surface area contributed by atoms with E-state index in [2.05, 4.69) is 22.0 Å². The third kappa shape index (κ3) is 3.38. The van der Waals surface area contributed by atoms with Gasteiger partial charge in [0.05, 0.1) is 6.54 Å². The van der Waals surface area contributed by atoms with E-state index < -0.39 is 0 Å². The lowest BCUT2D eigenvalue weighted by Gasteiger charge is -2.10. The van der Waals surface area contributed by atoms with Crippen LogP contribution in [0.4, 0.5) is 0 Å². The molecule has 0 spiro atoms. The summed E-state index contributed by atoms with van der Waals surface area (Å²) in [6, 6.07) is 0. The van der Waals surface area contributed by atoms with Crippen LogP contribution in [0.2, 0.25) is 0 Å². The summed E-state index contributed by atoms with van der Waals surface area (Å²) in [7, 11) is 0. The number of hydrogen-bond donors (Lipinski definition) is 1. The van der Waals surface area contributed by atoms with Crippen LogP contribution < -0.4 is 5.32 Å². The highest BCUT2D eigenvalue weighted by molar-refractivity contribution is 4.98. The first-order chi connectivity index (χ1) is 8.35. The third-order valence-corrected chi connectivity index (χ3v) is 2.70. The second-order valence-corrected chi connectivity index (χ2v) is 4.18. The molecule has 1 atom stereocenters. The molecule has 1 unspecified atom stereocenters. The molecule has 0 amide bonds. The highest BCUT2D eigenvalue weighted by atomic mass is 16.5. The average molecular weight is 237 g/mol. The average Bonchev–Trinajstić information content (AvgIpc) is 3.06. The maximum absolute atomic E-state index is 5.67. The summed E-state index contributed by atoms with van der Waals surface area (Å²) < 4.78 is 10.8. The highest BCUT2D eigenvalue weighted by Crippen LogP contribution is 2.42. The lowest BCUT2D eigenvalue weighted by molar-refractivity contribution is 0.0384. The summed E-state index contributed by atoms with van der Waals surface area (Å²) in [4.78, 5) is 4.36. The highest BCUT2D eigenvalue weighted by Gasteiger charge is 2.36. The van der Waals surface area contributed by atoms with Gasteiger partial charge in [0, 0.05) is 13.2 Å². The minimum absolute atomic E-state index is 0.0110. The van der Waals surface area contributed by atoms with Gasteiger partial charge in [-0.15, -0.1) is 6.58 Å². The quantitative estimate of drug-likeness (QED) is 0.552. The van der Waals surface area contributed by atoms with Crippen molar-refractivity contribution in [3.63, 3.8) is 0 Å². The van der Waals surface area contributed by atoms with E-state index in [4.69, 9.17) is 9.26 Å². The van der Waals surface area contributed by atoms with Crippen molar-refractivity contribution >= 4 is 0 Å². The molecular weight excluding hydrogens is 218 g/mol. The van der Waals surface area contributed by atoms with Crippen LogP contribution in [0.5, 0.6) is 0 Å². The fourth-order valence-electron chi connectivity index (χ4n) is 1.74. The maximum atomic E-state index is 5.67. The van der Waals surface area contributed by atoms with Crippen LogP contribution in [0.15, 0.2) is 17.2 Å². The molecule has 1 aromatic rings. The normalized spacial score (nSPS) is 17.0. The van der Waals surface area contributed by atoms with Gasteiger partial charge in [-0.2, -0.15) is 4.98 Å². The van der Waals surface area contributed by atoms with E-state index >= 15 is 0 Å². The Bertz CT molecular complexity index is 360. The smallest absolute Gasteiger partial charge is 0.240 e. The van der Waals surface area contributed by atoms with E-state index in [1.807, 2.05) is 6.92 Å². The number of hydrogen-bond acceptors (Lipinski definition) is 5. The summed E-state index contributed by atoms with van der Waals surface area (Å²) in [6.07, 6.45) is 4.20. The van der Waals surface area contributed by atoms with Crippen LogP contribution in [0, 0.1) is 5.92 Å². The minimum Gasteiger partial charge on any atom is -0.370 e. The van der Waals surface area contributed by atoms with Gasteiger partial charge in [0.15, 0.2) is 0 Å². The standard InChI is InChI=1S/C12H19N3O2/c1-3-7-13-8-10-14-12(15-17-10)11(16-4-2)9-5-6-9/h3,9,11,13H,1,4-8H2,2H3. The number of rotatable bonds is 8. The van der Waals surface area contributed by atoms with Crippen molar-refractivity contribution in [3.8, 4) is 0 Å². The van der Waals surface area contributed by atoms with Crippen molar-refractivity contribution in [1.82, 2.24) is 15.5 Å². The topological polar surface area (TPSA) is 60.2 Å². The molecule has 1 heterocycles. The number of nitrogens with one attached hydrogen (secondary N) is 1. The van der Waals surface area contributed by atoms with E-state index in [1.165, 1.54) is 12.8 Å². The summed E-state index contributed by atoms with van der Waals surface area (Å²) in [5.74, 6) is 1.86. The summed E-state index contributed by atoms with van der Waals surface area (Å²) in [5.41, 5.74) is 0. The molecule has 5 heteroatoms. The van der Waals surface area contributed by atoms with Crippen molar-refractivity contribution in [2.45, 2.75) is 32.4 Å². The number of aromatic nitrogens is 2. The summed E-state index contributed by atoms with van der Waals surface area (Å²) in [5, 5.41) is 7.12. The zero-order valence-corrected chi connectivity index (χ0v) is 10.2. The van der Waals surface area contributed by atoms with Crippen molar-refractivity contribution in [3.05, 3.63) is 24.4 Å². The fourth-order valence-corrected chi connectivity index (χ4v) is 1.74. The molecular formula is C12H19N3O2. The second-order valence-electron chi connectivity index (χ2n) is 4.18. The molecule has 1 aliphatic rings. The van der Waals surface area contributed by atoms with Crippen LogP contribution in [0.3, 0.4) is 0 Å². The van der Waals surface area contributed by atoms with Gasteiger partial charge in [-0.25, -0.2) is 0 Å². The molecule has 0 radical (unpaired) electrons. The zero-order valence-electron chi connectivity index (χ0n) is 10.2. The molecule has 2 rings (SSSR count). The molecule has 17 heavy (non-hydrogen) atoms. The van der Waals surface area contributed by atoms with Gasteiger partial charge in [-0.1, -0.05) is 11.2 Å². The Labute approximate surface area is 101 Å². The van der Waals surface area contributed by atoms with Gasteiger partial charge in [-0.3, -0.25) is 0 Å². The molecule has 0 saturated heterocycles. The molecule has 1 saturated carbocycles. The monoisotopic (exact) mass is 237 g/mol. The third-order valence-electron chi connectivity index (χ3n) is 2.70. The van der Waals surface area contributed by atoms with Crippen LogP contribution >= 0.6 is 0 Å². The van der Waals surface area contributed by atoms with Crippen molar-refractivity contribution < 1.29 is 9.26 Å². The second kappa shape index (κ2) is 5.93. The number of ether oxygens (including phenoxy) is 1. The van der Waals surface area contributed by atoms with E-state index in [9.17, 15) is 0 Å². The van der Waals surface area contributed by atoms with Crippen LogP contribution in [0.1, 0.15) is 37.6 Å². The van der Waals surface area contributed by atoms with Gasteiger partial charge in [-0.05, 0) is 25.7 Å². The summed E-state index contributed by atoms with van der Waals surface area (Å²) >= 11 is 0. The molecule has 1 aliphatic carbocycles. The Hall–Kier alpha value is -1.20. The maximum Gasteiger partial charge on any atom is 0.240 e. The van der Waals surface area contributed by atoms with Crippen molar-refractivity contribution in [2.75, 3.05) is 13.2 Å². The van der Waals surface area contributed by atoms with Gasteiger partial charge in [0.1, 0.15) is 6.10 Å². The van der Waals surface area contributed by atoms with Gasteiger partial charge in [0.2, 0.25) is 11.7 Å². The zero-order chi connectivity index (χ0) is 12.1. The van der Waals surface area contributed by atoms with E-state index in [-0.39, 0.29) is 6.10 Å². The van der Waals surface area contributed by atoms with Crippen molar-refractivity contribution in [2.24, 2.45) is 5.92 Å². The molecule has 5 nitrogen and oxygen atoms in total. The molecule has 0 aromatic carbocycles. The first kappa shape index (κ1) is 12.3. The minimum atomic E-state index is 0.0110. The SMILES string of the molecule is C=CCNCc1nc(C(OCC)C2CC2)no1. The van der Waals surface area contributed by atoms with Crippen LogP contribution in [-0.4, -0.2) is 23.3 Å². The number of nitrogens with zero attached hydrogens (tertiary/aromatic N) is 2. The van der Waals surface area contributed by atoms with Crippen molar-refractivity contribution in [1.29, 1.82) is 0 Å². The lowest BCUT2D eigenvalue weighted by Crippen LogP contribution is -2.13. The molecule has 1 fully saturated rings. The van der Waals surface area contributed by atoms with Crippen LogP contribution in [0.25, 0.3) is 0 Å². The Kier molecular flexibility index (Phi) is 4.28. The Balaban J connectivity index is 1.92. The Morgan fingerprint density at radius 3 is 3.12 bits per heavy atom. The molecule has 1 aromatic heterocycles. The van der Waals surface area contributed by atoms with Gasteiger partial charge >= 0.3 is 0 Å². The van der Waals surface area contributed by atoms with Crippen LogP contribution in [-0.2, 0) is 11.3 Å². The van der Waals surface area contributed by atoms with E-state index in [0.29, 0.717) is 30.8 Å². The molecule has 0 aliphatic heterocycles. The lowest BCUT2D eigenvalue weighted by atomic mass is 10.2.